The Labute approximate surface area is 104 Å². The molecular formula is C12H13ClN2O2. The first kappa shape index (κ1) is 11.9. The minimum atomic E-state index is -0.127. The van der Waals surface area contributed by atoms with Gasteiger partial charge in [0.15, 0.2) is 0 Å². The van der Waals surface area contributed by atoms with Crippen molar-refractivity contribution >= 4 is 17.2 Å². The lowest BCUT2D eigenvalue weighted by Crippen LogP contribution is -2.21. The number of pyridine rings is 1. The minimum Gasteiger partial charge on any atom is -0.497 e. The van der Waals surface area contributed by atoms with Gasteiger partial charge in [0.25, 0.3) is 5.56 Å². The van der Waals surface area contributed by atoms with Gasteiger partial charge in [-0.15, -0.1) is 0 Å². The lowest BCUT2D eigenvalue weighted by Gasteiger charge is -2.09. The third kappa shape index (κ3) is 2.00. The molecule has 0 aliphatic carbocycles. The van der Waals surface area contributed by atoms with E-state index in [-0.39, 0.29) is 16.6 Å². The third-order valence-corrected chi connectivity index (χ3v) is 2.89. The van der Waals surface area contributed by atoms with Crippen molar-refractivity contribution in [1.82, 2.24) is 9.38 Å². The van der Waals surface area contributed by atoms with E-state index in [1.54, 1.807) is 25.4 Å². The molecule has 4 nitrogen and oxygen atoms in total. The van der Waals surface area contributed by atoms with Crippen molar-refractivity contribution in [2.75, 3.05) is 7.11 Å². The maximum atomic E-state index is 12.2. The van der Waals surface area contributed by atoms with Crippen LogP contribution < -0.4 is 10.3 Å². The molecule has 0 radical (unpaired) electrons. The molecule has 0 N–H and O–H groups in total. The van der Waals surface area contributed by atoms with Crippen LogP contribution in [0.25, 0.3) is 5.65 Å². The van der Waals surface area contributed by atoms with Crippen LogP contribution in [0.2, 0.25) is 5.15 Å². The van der Waals surface area contributed by atoms with E-state index >= 15 is 0 Å². The Morgan fingerprint density at radius 1 is 1.47 bits per heavy atom. The molecule has 0 aliphatic rings. The van der Waals surface area contributed by atoms with Gasteiger partial charge in [0.1, 0.15) is 16.5 Å². The lowest BCUT2D eigenvalue weighted by molar-refractivity contribution is 0.414. The van der Waals surface area contributed by atoms with Crippen LogP contribution in [-0.2, 0) is 0 Å². The first-order valence-electron chi connectivity index (χ1n) is 5.30. The number of hydrogen-bond donors (Lipinski definition) is 0. The van der Waals surface area contributed by atoms with E-state index in [4.69, 9.17) is 16.3 Å². The van der Waals surface area contributed by atoms with Crippen LogP contribution in [0.3, 0.4) is 0 Å². The molecule has 90 valence electrons. The number of rotatable bonds is 2. The van der Waals surface area contributed by atoms with Gasteiger partial charge in [-0.25, -0.2) is 4.98 Å². The summed E-state index contributed by atoms with van der Waals surface area (Å²) in [6.45, 7) is 3.83. The van der Waals surface area contributed by atoms with E-state index in [2.05, 4.69) is 4.98 Å². The van der Waals surface area contributed by atoms with E-state index in [1.807, 2.05) is 13.8 Å². The molecule has 2 aromatic rings. The second-order valence-electron chi connectivity index (χ2n) is 4.07. The highest BCUT2D eigenvalue weighted by molar-refractivity contribution is 6.30. The molecule has 0 saturated carbocycles. The summed E-state index contributed by atoms with van der Waals surface area (Å²) in [5.41, 5.74) is 0.899. The second kappa shape index (κ2) is 4.37. The summed E-state index contributed by atoms with van der Waals surface area (Å²) < 4.78 is 6.56. The van der Waals surface area contributed by atoms with E-state index in [0.29, 0.717) is 17.0 Å². The van der Waals surface area contributed by atoms with Crippen molar-refractivity contribution in [3.63, 3.8) is 0 Å². The molecule has 0 spiro atoms. The van der Waals surface area contributed by atoms with Crippen LogP contribution in [0.4, 0.5) is 0 Å². The highest BCUT2D eigenvalue weighted by Gasteiger charge is 2.14. The maximum Gasteiger partial charge on any atom is 0.262 e. The van der Waals surface area contributed by atoms with Crippen LogP contribution in [0.15, 0.2) is 23.1 Å². The molecule has 0 amide bonds. The summed E-state index contributed by atoms with van der Waals surface area (Å²) in [5.74, 6) is 0.687. The molecule has 0 fully saturated rings. The average Bonchev–Trinajstić information content (AvgIpc) is 2.27. The van der Waals surface area contributed by atoms with Gasteiger partial charge in [-0.05, 0) is 12.0 Å². The molecule has 0 atom stereocenters. The van der Waals surface area contributed by atoms with Crippen LogP contribution in [0, 0.1) is 0 Å². The van der Waals surface area contributed by atoms with Crippen molar-refractivity contribution in [1.29, 1.82) is 0 Å². The number of nitrogens with zero attached hydrogens (tertiary/aromatic N) is 2. The zero-order chi connectivity index (χ0) is 12.6. The Bertz CT molecular complexity index is 620. The second-order valence-corrected chi connectivity index (χ2v) is 4.43. The van der Waals surface area contributed by atoms with Gasteiger partial charge < -0.3 is 4.74 Å². The lowest BCUT2D eigenvalue weighted by atomic mass is 10.1. The highest BCUT2D eigenvalue weighted by Crippen LogP contribution is 2.20. The maximum absolute atomic E-state index is 12.2. The molecule has 0 bridgehead atoms. The zero-order valence-electron chi connectivity index (χ0n) is 9.90. The summed E-state index contributed by atoms with van der Waals surface area (Å²) in [6, 6.07) is 3.39. The summed E-state index contributed by atoms with van der Waals surface area (Å²) >= 11 is 6.03. The van der Waals surface area contributed by atoms with Crippen LogP contribution in [0.1, 0.15) is 25.3 Å². The number of hydrogen-bond acceptors (Lipinski definition) is 3. The van der Waals surface area contributed by atoms with Crippen molar-refractivity contribution in [2.24, 2.45) is 0 Å². The summed E-state index contributed by atoms with van der Waals surface area (Å²) in [7, 11) is 1.56. The molecule has 0 saturated heterocycles. The van der Waals surface area contributed by atoms with Gasteiger partial charge in [0.05, 0.1) is 12.7 Å². The van der Waals surface area contributed by atoms with Crippen LogP contribution in [0.5, 0.6) is 5.75 Å². The molecular weight excluding hydrogens is 240 g/mol. The summed E-state index contributed by atoms with van der Waals surface area (Å²) in [6.07, 6.45) is 1.64. The zero-order valence-corrected chi connectivity index (χ0v) is 10.7. The number of fused-ring (bicyclic) bond motifs is 1. The van der Waals surface area contributed by atoms with Gasteiger partial charge in [-0.1, -0.05) is 25.4 Å². The quantitative estimate of drug-likeness (QED) is 0.772. The van der Waals surface area contributed by atoms with E-state index in [9.17, 15) is 4.79 Å². The molecule has 2 rings (SSSR count). The largest absolute Gasteiger partial charge is 0.497 e. The normalized spacial score (nSPS) is 11.1. The fraction of sp³-hybridized carbons (Fsp3) is 0.333. The van der Waals surface area contributed by atoms with Gasteiger partial charge >= 0.3 is 0 Å². The van der Waals surface area contributed by atoms with E-state index in [1.165, 1.54) is 4.40 Å². The Morgan fingerprint density at radius 2 is 2.18 bits per heavy atom. The topological polar surface area (TPSA) is 43.6 Å². The molecule has 0 unspecified atom stereocenters. The monoisotopic (exact) mass is 252 g/mol. The molecule has 17 heavy (non-hydrogen) atoms. The minimum absolute atomic E-state index is 0.0431. The molecule has 0 aliphatic heterocycles. The SMILES string of the molecule is COc1ccn2c(=O)c(C(C)C)c(Cl)nc2c1. The Hall–Kier alpha value is -1.55. The number of halogens is 1. The van der Waals surface area contributed by atoms with Gasteiger partial charge in [0.2, 0.25) is 0 Å². The third-order valence-electron chi connectivity index (χ3n) is 2.60. The molecule has 5 heteroatoms. The van der Waals surface area contributed by atoms with Crippen molar-refractivity contribution in [2.45, 2.75) is 19.8 Å². The fourth-order valence-corrected chi connectivity index (χ4v) is 2.10. The van der Waals surface area contributed by atoms with Crippen LogP contribution >= 0.6 is 11.6 Å². The average molecular weight is 253 g/mol. The number of aromatic nitrogens is 2. The fourth-order valence-electron chi connectivity index (χ4n) is 1.72. The predicted octanol–water partition coefficient (Wildman–Crippen LogP) is 2.48. The van der Waals surface area contributed by atoms with Gasteiger partial charge in [0, 0.05) is 12.3 Å². The standard InChI is InChI=1S/C12H13ClN2O2/c1-7(2)10-11(13)14-9-6-8(17-3)4-5-15(9)12(10)16/h4-7H,1-3H3. The van der Waals surface area contributed by atoms with Gasteiger partial charge in [-0.2, -0.15) is 0 Å². The van der Waals surface area contributed by atoms with E-state index in [0.717, 1.165) is 0 Å². The first-order chi connectivity index (χ1) is 8.04. The highest BCUT2D eigenvalue weighted by atomic mass is 35.5. The summed E-state index contributed by atoms with van der Waals surface area (Å²) in [5, 5.41) is 0.262. The smallest absolute Gasteiger partial charge is 0.262 e. The Kier molecular flexibility index (Phi) is 3.07. The van der Waals surface area contributed by atoms with E-state index < -0.39 is 0 Å². The van der Waals surface area contributed by atoms with Crippen molar-refractivity contribution in [3.05, 3.63) is 39.4 Å². The number of ether oxygens (including phenoxy) is 1. The molecule has 2 aromatic heterocycles. The predicted molar refractivity (Wildman–Crippen MR) is 67.1 cm³/mol. The van der Waals surface area contributed by atoms with Crippen molar-refractivity contribution in [3.8, 4) is 5.75 Å². The van der Waals surface area contributed by atoms with Gasteiger partial charge in [-0.3, -0.25) is 9.20 Å². The molecule has 0 aromatic carbocycles. The summed E-state index contributed by atoms with van der Waals surface area (Å²) in [4.78, 5) is 16.4. The Morgan fingerprint density at radius 3 is 2.76 bits per heavy atom. The number of methoxy groups -OCH3 is 1. The Balaban J connectivity index is 2.81. The van der Waals surface area contributed by atoms with Crippen molar-refractivity contribution < 1.29 is 4.74 Å². The van der Waals surface area contributed by atoms with Crippen LogP contribution in [-0.4, -0.2) is 16.5 Å². The first-order valence-corrected chi connectivity index (χ1v) is 5.68. The molecule has 2 heterocycles.